The van der Waals surface area contributed by atoms with Gasteiger partial charge in [-0.3, -0.25) is 23.7 Å². The third-order valence-corrected chi connectivity index (χ3v) is 7.17. The van der Waals surface area contributed by atoms with E-state index in [1.165, 1.54) is 19.1 Å². The Morgan fingerprint density at radius 3 is 2.54 bits per heavy atom. The van der Waals surface area contributed by atoms with E-state index in [1.54, 1.807) is 32.0 Å². The molecule has 1 saturated heterocycles. The molecule has 0 saturated carbocycles. The molecule has 3 rings (SSSR count). The van der Waals surface area contributed by atoms with Gasteiger partial charge in [-0.15, -0.1) is 0 Å². The van der Waals surface area contributed by atoms with Gasteiger partial charge in [-0.25, -0.2) is 13.8 Å². The molecule has 0 bridgehead atoms. The molecule has 15 heteroatoms. The van der Waals surface area contributed by atoms with Crippen LogP contribution >= 0.6 is 17.2 Å². The Morgan fingerprint density at radius 2 is 1.95 bits per heavy atom. The Hall–Kier alpha value is -2.40. The highest BCUT2D eigenvalue weighted by Crippen LogP contribution is 2.53. The van der Waals surface area contributed by atoms with E-state index in [0.29, 0.717) is 0 Å². The maximum atomic E-state index is 16.4. The van der Waals surface area contributed by atoms with E-state index >= 15 is 4.39 Å². The first-order chi connectivity index (χ1) is 17.4. The largest absolute Gasteiger partial charge is 0.462 e. The van der Waals surface area contributed by atoms with E-state index in [4.69, 9.17) is 23.0 Å². The molecule has 1 aromatic carbocycles. The van der Waals surface area contributed by atoms with E-state index in [0.717, 1.165) is 23.8 Å². The van der Waals surface area contributed by atoms with Crippen molar-refractivity contribution in [2.24, 2.45) is 0 Å². The van der Waals surface area contributed by atoms with Crippen LogP contribution in [0.1, 0.15) is 33.9 Å². The molecule has 7 atom stereocenters. The molecule has 2 heterocycles. The van der Waals surface area contributed by atoms with Crippen LogP contribution in [-0.4, -0.2) is 52.1 Å². The van der Waals surface area contributed by atoms with Gasteiger partial charge in [-0.2, -0.15) is 5.09 Å². The summed E-state index contributed by atoms with van der Waals surface area (Å²) in [5, 5.41) is 2.50. The number of esters is 1. The SMILES string of the molecule is CC(C)OC(=O)[C@H](C)NP(=O)(Oc1ccccc1)O[C@@H]1[C@@H](COP)O[C@@H](n2ccc(=O)[nH]c2=O)[C@]1(C)F. The molecule has 0 spiro atoms. The van der Waals surface area contributed by atoms with Crippen molar-refractivity contribution >= 4 is 23.2 Å². The lowest BCUT2D eigenvalue weighted by molar-refractivity contribution is -0.149. The lowest BCUT2D eigenvalue weighted by atomic mass is 9.98. The monoisotopic (exact) mass is 561 g/mol. The summed E-state index contributed by atoms with van der Waals surface area (Å²) in [7, 11) is -2.51. The van der Waals surface area contributed by atoms with E-state index in [9.17, 15) is 18.9 Å². The Morgan fingerprint density at radius 1 is 1.27 bits per heavy atom. The summed E-state index contributed by atoms with van der Waals surface area (Å²) in [6.45, 7) is 5.54. The average Bonchev–Trinajstić information content (AvgIpc) is 3.03. The summed E-state index contributed by atoms with van der Waals surface area (Å²) in [6.07, 6.45) is -3.74. The van der Waals surface area contributed by atoms with Crippen LogP contribution in [-0.2, 0) is 27.9 Å². The molecule has 0 aliphatic carbocycles. The third kappa shape index (κ3) is 7.13. The molecular weight excluding hydrogens is 531 g/mol. The van der Waals surface area contributed by atoms with Crippen LogP contribution in [0.25, 0.3) is 0 Å². The van der Waals surface area contributed by atoms with Crippen LogP contribution < -0.4 is 20.9 Å². The van der Waals surface area contributed by atoms with Gasteiger partial charge in [0.1, 0.15) is 24.0 Å². The first-order valence-corrected chi connectivity index (χ1v) is 13.4. The summed E-state index contributed by atoms with van der Waals surface area (Å²) in [5.74, 6) is -0.613. The van der Waals surface area contributed by atoms with Gasteiger partial charge in [0.05, 0.1) is 12.7 Å². The van der Waals surface area contributed by atoms with Crippen LogP contribution in [0, 0.1) is 0 Å². The zero-order valence-corrected chi connectivity index (χ0v) is 22.7. The second-order valence-electron chi connectivity index (χ2n) is 8.79. The fourth-order valence-corrected chi connectivity index (χ4v) is 5.65. The Bertz CT molecular complexity index is 1240. The minimum Gasteiger partial charge on any atom is -0.462 e. The Balaban J connectivity index is 1.97. The Kier molecular flexibility index (Phi) is 9.44. The minimum atomic E-state index is -4.50. The molecule has 0 amide bonds. The van der Waals surface area contributed by atoms with Gasteiger partial charge in [-0.05, 0) is 39.8 Å². The van der Waals surface area contributed by atoms with E-state index in [2.05, 4.69) is 5.09 Å². The van der Waals surface area contributed by atoms with Gasteiger partial charge in [-0.1, -0.05) is 18.2 Å². The number of aromatic nitrogens is 2. The number of halogens is 1. The standard InChI is InChI=1S/C22H30FN3O9P2/c1-13(2)32-19(28)14(3)25-37(30,34-15-8-6-5-7-9-15)35-18-16(12-31-36)33-20(22(18,4)23)26-11-10-17(27)24-21(26)29/h5-11,13-14,16,18,20H,12,36H2,1-4H3,(H,25,30)(H,24,27,29)/t14-,16+,18+,20+,22+,37?/m0/s1. The number of carbonyl (C=O) groups is 1. The number of rotatable bonds is 11. The number of hydrogen-bond donors (Lipinski definition) is 2. The zero-order chi connectivity index (χ0) is 27.4. The van der Waals surface area contributed by atoms with E-state index in [-0.39, 0.29) is 12.4 Å². The summed E-state index contributed by atoms with van der Waals surface area (Å²) < 4.78 is 58.5. The number of para-hydroxylation sites is 1. The zero-order valence-electron chi connectivity index (χ0n) is 20.7. The highest BCUT2D eigenvalue weighted by Gasteiger charge is 2.59. The van der Waals surface area contributed by atoms with Crippen LogP contribution in [0.4, 0.5) is 4.39 Å². The molecule has 2 aromatic rings. The fourth-order valence-electron chi connectivity index (χ4n) is 3.69. The lowest BCUT2D eigenvalue weighted by Gasteiger charge is -2.31. The predicted molar refractivity (Wildman–Crippen MR) is 134 cm³/mol. The lowest BCUT2D eigenvalue weighted by Crippen LogP contribution is -2.46. The second kappa shape index (κ2) is 12.0. The smallest absolute Gasteiger partial charge is 0.459 e. The molecule has 0 radical (unpaired) electrons. The molecule has 1 fully saturated rings. The highest BCUT2D eigenvalue weighted by molar-refractivity contribution is 7.52. The van der Waals surface area contributed by atoms with Crippen molar-refractivity contribution in [1.29, 1.82) is 0 Å². The van der Waals surface area contributed by atoms with Gasteiger partial charge in [0.15, 0.2) is 11.9 Å². The molecule has 2 unspecified atom stereocenters. The van der Waals surface area contributed by atoms with E-state index < -0.39 is 61.2 Å². The van der Waals surface area contributed by atoms with Crippen molar-refractivity contribution in [3.63, 3.8) is 0 Å². The van der Waals surface area contributed by atoms with Crippen molar-refractivity contribution < 1.29 is 36.8 Å². The summed E-state index contributed by atoms with van der Waals surface area (Å²) in [4.78, 5) is 38.3. The molecule has 1 aliphatic heterocycles. The normalized spacial score (nSPS) is 26.0. The number of carbonyl (C=O) groups excluding carboxylic acids is 1. The first-order valence-electron chi connectivity index (χ1n) is 11.3. The van der Waals surface area contributed by atoms with Gasteiger partial charge in [0, 0.05) is 21.7 Å². The second-order valence-corrected chi connectivity index (χ2v) is 10.8. The van der Waals surface area contributed by atoms with Crippen molar-refractivity contribution in [3.8, 4) is 5.75 Å². The van der Waals surface area contributed by atoms with Gasteiger partial charge in [0.25, 0.3) is 5.56 Å². The number of benzene rings is 1. The van der Waals surface area contributed by atoms with Gasteiger partial charge >= 0.3 is 19.4 Å². The van der Waals surface area contributed by atoms with Crippen molar-refractivity contribution in [2.75, 3.05) is 6.61 Å². The van der Waals surface area contributed by atoms with Crippen LogP contribution in [0.5, 0.6) is 5.75 Å². The minimum absolute atomic E-state index is 0.120. The Labute approximate surface area is 214 Å². The quantitative estimate of drug-likeness (QED) is 0.310. The number of nitrogens with zero attached hydrogens (tertiary/aromatic N) is 1. The number of alkyl halides is 1. The molecule has 37 heavy (non-hydrogen) atoms. The molecule has 204 valence electrons. The van der Waals surface area contributed by atoms with Crippen molar-refractivity contribution in [3.05, 3.63) is 63.4 Å². The molecule has 2 N–H and O–H groups in total. The van der Waals surface area contributed by atoms with E-state index in [1.807, 2.05) is 14.5 Å². The van der Waals surface area contributed by atoms with Gasteiger partial charge < -0.3 is 18.5 Å². The predicted octanol–water partition coefficient (Wildman–Crippen LogP) is 2.47. The van der Waals surface area contributed by atoms with Crippen LogP contribution in [0.15, 0.2) is 52.2 Å². The number of ether oxygens (including phenoxy) is 2. The third-order valence-electron chi connectivity index (χ3n) is 5.32. The fraction of sp³-hybridized carbons (Fsp3) is 0.500. The summed E-state index contributed by atoms with van der Waals surface area (Å²) in [6, 6.07) is 7.82. The molecule has 1 aromatic heterocycles. The van der Waals surface area contributed by atoms with Crippen molar-refractivity contribution in [1.82, 2.24) is 14.6 Å². The molecule has 1 aliphatic rings. The molecular formula is C22H30FN3O9P2. The number of hydrogen-bond acceptors (Lipinski definition) is 9. The van der Waals surface area contributed by atoms with Crippen LogP contribution in [0.3, 0.4) is 0 Å². The molecule has 12 nitrogen and oxygen atoms in total. The van der Waals surface area contributed by atoms with Gasteiger partial charge in [0.2, 0.25) is 0 Å². The van der Waals surface area contributed by atoms with Crippen molar-refractivity contribution in [2.45, 2.75) is 63.9 Å². The van der Waals surface area contributed by atoms with Crippen LogP contribution in [0.2, 0.25) is 0 Å². The summed E-state index contributed by atoms with van der Waals surface area (Å²) in [5.41, 5.74) is -4.08. The first kappa shape index (κ1) is 29.2. The topological polar surface area (TPSA) is 147 Å². The highest BCUT2D eigenvalue weighted by atomic mass is 31.2. The number of nitrogens with one attached hydrogen (secondary N) is 2. The average molecular weight is 561 g/mol. The maximum Gasteiger partial charge on any atom is 0.459 e. The summed E-state index contributed by atoms with van der Waals surface area (Å²) >= 11 is 0. The number of aromatic amines is 1. The number of H-pyrrole nitrogens is 1. The maximum absolute atomic E-state index is 16.4.